The zero-order valence-corrected chi connectivity index (χ0v) is 26.6. The summed E-state index contributed by atoms with van der Waals surface area (Å²) < 4.78 is 0. The number of rotatable bonds is 19. The van der Waals surface area contributed by atoms with E-state index in [1.165, 1.54) is 0 Å². The fourth-order valence-electron chi connectivity index (χ4n) is 5.01. The normalized spacial score (nSPS) is 13.5. The summed E-state index contributed by atoms with van der Waals surface area (Å²) in [6, 6.07) is 8.07. The second-order valence-corrected chi connectivity index (χ2v) is 11.4. The van der Waals surface area contributed by atoms with Crippen molar-refractivity contribution in [1.82, 2.24) is 16.0 Å². The third-order valence-electron chi connectivity index (χ3n) is 7.55. The molecule has 2 aromatic rings. The van der Waals surface area contributed by atoms with E-state index in [4.69, 9.17) is 28.7 Å². The number of benzene rings is 2. The van der Waals surface area contributed by atoms with Crippen LogP contribution in [0.3, 0.4) is 0 Å². The van der Waals surface area contributed by atoms with Gasteiger partial charge >= 0.3 is 0 Å². The number of phenols is 1. The van der Waals surface area contributed by atoms with Gasteiger partial charge in [0.05, 0.1) is 6.04 Å². The maximum absolute atomic E-state index is 13.8. The predicted octanol–water partition coefficient (Wildman–Crippen LogP) is -0.756. The zero-order chi connectivity index (χ0) is 34.2. The molecule has 0 bridgehead atoms. The van der Waals surface area contributed by atoms with Crippen LogP contribution in [0, 0.1) is 13.8 Å². The molecule has 0 radical (unpaired) electrons. The molecule has 14 heteroatoms. The van der Waals surface area contributed by atoms with Gasteiger partial charge in [-0.15, -0.1) is 0 Å². The average Bonchev–Trinajstić information content (AvgIpc) is 2.99. The molecule has 0 fully saturated rings. The first kappa shape index (κ1) is 37.5. The number of primary amides is 1. The van der Waals surface area contributed by atoms with Crippen LogP contribution in [0.5, 0.6) is 5.75 Å². The van der Waals surface area contributed by atoms with Gasteiger partial charge in [0.1, 0.15) is 23.9 Å². The van der Waals surface area contributed by atoms with Crippen LogP contribution in [0.25, 0.3) is 0 Å². The Balaban J connectivity index is 2.30. The summed E-state index contributed by atoms with van der Waals surface area (Å²) >= 11 is 0. The third-order valence-corrected chi connectivity index (χ3v) is 7.55. The first-order valence-electron chi connectivity index (χ1n) is 15.4. The minimum absolute atomic E-state index is 0.0608. The van der Waals surface area contributed by atoms with Crippen LogP contribution < -0.4 is 44.6 Å². The van der Waals surface area contributed by atoms with Crippen LogP contribution in [0.2, 0.25) is 0 Å². The first-order valence-corrected chi connectivity index (χ1v) is 15.4. The molecule has 252 valence electrons. The number of unbranched alkanes of at least 4 members (excludes halogenated alkanes) is 1. The van der Waals surface area contributed by atoms with Crippen molar-refractivity contribution in [2.75, 3.05) is 13.1 Å². The third kappa shape index (κ3) is 12.7. The van der Waals surface area contributed by atoms with Crippen molar-refractivity contribution in [1.29, 1.82) is 0 Å². The van der Waals surface area contributed by atoms with E-state index in [0.717, 1.165) is 11.1 Å². The molecule has 0 spiro atoms. The van der Waals surface area contributed by atoms with Gasteiger partial charge in [-0.2, -0.15) is 0 Å². The highest BCUT2D eigenvalue weighted by Crippen LogP contribution is 2.22. The molecule has 0 saturated heterocycles. The van der Waals surface area contributed by atoms with Crippen LogP contribution in [0.15, 0.2) is 47.5 Å². The number of phenolic OH excluding ortho intramolecular Hbond substituents is 1. The van der Waals surface area contributed by atoms with Crippen LogP contribution >= 0.6 is 0 Å². The summed E-state index contributed by atoms with van der Waals surface area (Å²) in [7, 11) is 0. The van der Waals surface area contributed by atoms with Gasteiger partial charge in [0.25, 0.3) is 0 Å². The molecule has 2 rings (SSSR count). The van der Waals surface area contributed by atoms with Crippen molar-refractivity contribution in [3.63, 3.8) is 0 Å². The molecule has 14 nitrogen and oxygen atoms in total. The number of nitrogens with zero attached hydrogens (tertiary/aromatic N) is 1. The minimum Gasteiger partial charge on any atom is -0.508 e. The summed E-state index contributed by atoms with van der Waals surface area (Å²) in [5.74, 6) is -2.51. The lowest BCUT2D eigenvalue weighted by Crippen LogP contribution is -2.58. The lowest BCUT2D eigenvalue weighted by molar-refractivity contribution is -0.133. The first-order chi connectivity index (χ1) is 21.8. The van der Waals surface area contributed by atoms with Gasteiger partial charge < -0.3 is 49.7 Å². The molecular weight excluding hydrogens is 590 g/mol. The smallest absolute Gasteiger partial charge is 0.243 e. The summed E-state index contributed by atoms with van der Waals surface area (Å²) in [4.78, 5) is 56.6. The van der Waals surface area contributed by atoms with E-state index < -0.39 is 47.8 Å². The van der Waals surface area contributed by atoms with Gasteiger partial charge in [0, 0.05) is 19.4 Å². The Morgan fingerprint density at radius 3 is 1.96 bits per heavy atom. The highest BCUT2D eigenvalue weighted by atomic mass is 16.3. The van der Waals surface area contributed by atoms with E-state index in [1.54, 1.807) is 26.0 Å². The molecule has 14 N–H and O–H groups in total. The lowest BCUT2D eigenvalue weighted by Gasteiger charge is -2.26. The van der Waals surface area contributed by atoms with Gasteiger partial charge in [-0.3, -0.25) is 24.2 Å². The number of aromatic hydroxyl groups is 1. The second-order valence-electron chi connectivity index (χ2n) is 11.4. The van der Waals surface area contributed by atoms with Crippen molar-refractivity contribution in [2.45, 2.75) is 83.0 Å². The zero-order valence-electron chi connectivity index (χ0n) is 26.6. The van der Waals surface area contributed by atoms with Crippen LogP contribution in [-0.4, -0.2) is 72.0 Å². The molecule has 2 aromatic carbocycles. The Hall–Kier alpha value is -4.69. The number of hydrogen-bond donors (Lipinski definition) is 9. The Morgan fingerprint density at radius 1 is 0.783 bits per heavy atom. The number of hydrogen-bond acceptors (Lipinski definition) is 8. The highest BCUT2D eigenvalue weighted by molar-refractivity contribution is 5.94. The number of carbonyl (C=O) groups excluding carboxylic acids is 4. The van der Waals surface area contributed by atoms with Crippen molar-refractivity contribution in [3.05, 3.63) is 64.7 Å². The summed E-state index contributed by atoms with van der Waals surface area (Å²) in [6.07, 6.45) is 2.27. The molecule has 0 saturated carbocycles. The van der Waals surface area contributed by atoms with Gasteiger partial charge in [-0.1, -0.05) is 30.3 Å². The van der Waals surface area contributed by atoms with Crippen LogP contribution in [0.1, 0.15) is 54.4 Å². The van der Waals surface area contributed by atoms with Crippen LogP contribution in [0.4, 0.5) is 0 Å². The number of guanidine groups is 1. The quantitative estimate of drug-likeness (QED) is 0.0530. The number of aliphatic imine (C=N–C) groups is 1. The van der Waals surface area contributed by atoms with Gasteiger partial charge in [0.2, 0.25) is 23.6 Å². The number of nitrogens with one attached hydrogen (secondary N) is 3. The van der Waals surface area contributed by atoms with Crippen molar-refractivity contribution >= 4 is 29.6 Å². The van der Waals surface area contributed by atoms with E-state index in [2.05, 4.69) is 20.9 Å². The summed E-state index contributed by atoms with van der Waals surface area (Å²) in [5.41, 5.74) is 31.1. The Labute approximate surface area is 269 Å². The maximum atomic E-state index is 13.8. The van der Waals surface area contributed by atoms with Gasteiger partial charge in [-0.25, -0.2) is 0 Å². The fraction of sp³-hybridized carbons (Fsp3) is 0.469. The van der Waals surface area contributed by atoms with Gasteiger partial charge in [0.15, 0.2) is 5.96 Å². The summed E-state index contributed by atoms with van der Waals surface area (Å²) in [6.45, 7) is 4.25. The molecule has 0 aromatic heterocycles. The molecule has 4 atom stereocenters. The van der Waals surface area contributed by atoms with Crippen LogP contribution in [-0.2, 0) is 32.0 Å². The van der Waals surface area contributed by atoms with E-state index >= 15 is 0 Å². The molecular formula is C32H49N9O5. The maximum Gasteiger partial charge on any atom is 0.243 e. The highest BCUT2D eigenvalue weighted by Gasteiger charge is 2.30. The number of amides is 4. The van der Waals surface area contributed by atoms with Crippen molar-refractivity contribution < 1.29 is 24.3 Å². The van der Waals surface area contributed by atoms with Crippen molar-refractivity contribution in [3.8, 4) is 5.75 Å². The number of carbonyl (C=O) groups is 4. The van der Waals surface area contributed by atoms with E-state index in [9.17, 15) is 24.3 Å². The molecule has 0 aliphatic carbocycles. The molecule has 46 heavy (non-hydrogen) atoms. The van der Waals surface area contributed by atoms with E-state index in [0.29, 0.717) is 36.9 Å². The Kier molecular flexibility index (Phi) is 15.5. The Morgan fingerprint density at radius 2 is 1.37 bits per heavy atom. The second kappa shape index (κ2) is 19.0. The molecule has 4 amide bonds. The fourth-order valence-corrected chi connectivity index (χ4v) is 5.01. The monoisotopic (exact) mass is 639 g/mol. The average molecular weight is 640 g/mol. The van der Waals surface area contributed by atoms with E-state index in [1.807, 2.05) is 30.3 Å². The molecule has 0 aliphatic rings. The topological polar surface area (TPSA) is 267 Å². The predicted molar refractivity (Wildman–Crippen MR) is 177 cm³/mol. The standard InChI is InChI=1S/C32H49N9O5/c1-19-15-22(42)16-20(2)23(19)18-27(41-29(44)24(34)11-8-14-38-32(36)37)31(46)39-25(12-6-7-13-33)30(45)40-26(28(35)43)17-21-9-4-3-5-10-21/h3-5,9-10,15-16,24-27,42H,6-8,11-14,17-18,33-34H2,1-2H3,(H2,35,43)(H,39,46)(H,40,45)(H,41,44)(H4,36,37,38). The van der Waals surface area contributed by atoms with Crippen molar-refractivity contribution in [2.24, 2.45) is 33.7 Å². The largest absolute Gasteiger partial charge is 0.508 e. The molecule has 4 unspecified atom stereocenters. The SMILES string of the molecule is Cc1cc(O)cc(C)c1CC(NC(=O)C(N)CCCN=C(N)N)C(=O)NC(CCCCN)C(=O)NC(Cc1ccccc1)C(N)=O. The number of nitrogens with two attached hydrogens (primary N) is 5. The Bertz CT molecular complexity index is 1330. The minimum atomic E-state index is -1.13. The molecule has 0 aliphatic heterocycles. The van der Waals surface area contributed by atoms with Gasteiger partial charge in [-0.05, 0) is 86.9 Å². The lowest BCUT2D eigenvalue weighted by atomic mass is 9.95. The van der Waals surface area contributed by atoms with E-state index in [-0.39, 0.29) is 43.9 Å². The molecule has 0 heterocycles. The summed E-state index contributed by atoms with van der Waals surface area (Å²) in [5, 5.41) is 18.2. The number of aryl methyl sites for hydroxylation is 2.